The van der Waals surface area contributed by atoms with Crippen LogP contribution in [0.4, 0.5) is 0 Å². The monoisotopic (exact) mass is 192 g/mol. The van der Waals surface area contributed by atoms with Crippen molar-refractivity contribution in [3.05, 3.63) is 34.4 Å². The normalized spacial score (nSPS) is 9.93. The first-order chi connectivity index (χ1) is 6.43. The number of carbonyl (C=O) groups excluding carboxylic acids is 1. The van der Waals surface area contributed by atoms with E-state index >= 15 is 0 Å². The second-order valence-corrected chi connectivity index (χ2v) is 3.37. The van der Waals surface area contributed by atoms with Crippen LogP contribution in [-0.2, 0) is 0 Å². The van der Waals surface area contributed by atoms with Crippen molar-refractivity contribution >= 4 is 11.8 Å². The third-order valence-electron chi connectivity index (χ3n) is 2.06. The summed E-state index contributed by atoms with van der Waals surface area (Å²) >= 11 is 0. The summed E-state index contributed by atoms with van der Waals surface area (Å²) in [6.07, 6.45) is 0. The van der Waals surface area contributed by atoms with E-state index < -0.39 is 5.97 Å². The molecule has 0 atom stereocenters. The first kappa shape index (κ1) is 10.4. The van der Waals surface area contributed by atoms with Gasteiger partial charge in [-0.25, -0.2) is 4.79 Å². The molecular formula is C11H12O3. The minimum absolute atomic E-state index is 0.0926. The summed E-state index contributed by atoms with van der Waals surface area (Å²) in [4.78, 5) is 22.1. The zero-order chi connectivity index (χ0) is 10.9. The molecule has 0 aromatic heterocycles. The number of carbonyl (C=O) groups is 2. The van der Waals surface area contributed by atoms with Crippen LogP contribution in [0.2, 0.25) is 0 Å². The molecule has 14 heavy (non-hydrogen) atoms. The van der Waals surface area contributed by atoms with Crippen molar-refractivity contribution in [3.8, 4) is 0 Å². The minimum Gasteiger partial charge on any atom is -0.478 e. The van der Waals surface area contributed by atoms with Gasteiger partial charge in [-0.2, -0.15) is 0 Å². The maximum atomic E-state index is 11.2. The topological polar surface area (TPSA) is 54.4 Å². The molecule has 3 heteroatoms. The van der Waals surface area contributed by atoms with Crippen LogP contribution in [0.3, 0.4) is 0 Å². The van der Waals surface area contributed by atoms with Crippen LogP contribution in [0.5, 0.6) is 0 Å². The minimum atomic E-state index is -1.05. The lowest BCUT2D eigenvalue weighted by molar-refractivity contribution is 0.0692. The predicted molar refractivity (Wildman–Crippen MR) is 52.9 cm³/mol. The molecule has 74 valence electrons. The zero-order valence-electron chi connectivity index (χ0n) is 8.42. The quantitative estimate of drug-likeness (QED) is 0.731. The van der Waals surface area contributed by atoms with E-state index in [4.69, 9.17) is 5.11 Å². The van der Waals surface area contributed by atoms with Gasteiger partial charge in [0.05, 0.1) is 5.56 Å². The summed E-state index contributed by atoms with van der Waals surface area (Å²) < 4.78 is 0. The summed E-state index contributed by atoms with van der Waals surface area (Å²) in [6.45, 7) is 4.93. The number of carboxylic acids is 1. The molecule has 0 amide bonds. The van der Waals surface area contributed by atoms with Crippen LogP contribution in [-0.4, -0.2) is 16.9 Å². The fourth-order valence-electron chi connectivity index (χ4n) is 1.60. The molecule has 0 aliphatic heterocycles. The van der Waals surface area contributed by atoms with E-state index in [1.165, 1.54) is 13.0 Å². The van der Waals surface area contributed by atoms with Gasteiger partial charge in [0.1, 0.15) is 0 Å². The van der Waals surface area contributed by atoms with Gasteiger partial charge in [0.2, 0.25) is 0 Å². The Morgan fingerprint density at radius 1 is 1.21 bits per heavy atom. The summed E-state index contributed by atoms with van der Waals surface area (Å²) in [7, 11) is 0. The van der Waals surface area contributed by atoms with E-state index in [0.29, 0.717) is 5.56 Å². The number of Topliss-reactive ketones (excluding diaryl/α,β-unsaturated/α-hetero) is 1. The Bertz CT molecular complexity index is 405. The van der Waals surface area contributed by atoms with Crippen LogP contribution >= 0.6 is 0 Å². The average Bonchev–Trinajstić information content (AvgIpc) is 2.01. The van der Waals surface area contributed by atoms with Crippen molar-refractivity contribution in [2.45, 2.75) is 20.8 Å². The Morgan fingerprint density at radius 2 is 1.79 bits per heavy atom. The fourth-order valence-corrected chi connectivity index (χ4v) is 1.60. The number of aromatic carboxylic acids is 1. The molecule has 0 aliphatic rings. The number of aryl methyl sites for hydroxylation is 2. The van der Waals surface area contributed by atoms with Crippen molar-refractivity contribution in [2.24, 2.45) is 0 Å². The Labute approximate surface area is 82.4 Å². The van der Waals surface area contributed by atoms with Gasteiger partial charge in [0.15, 0.2) is 5.78 Å². The molecule has 1 rings (SSSR count). The lowest BCUT2D eigenvalue weighted by Crippen LogP contribution is -2.08. The third-order valence-corrected chi connectivity index (χ3v) is 2.06. The first-order valence-corrected chi connectivity index (χ1v) is 4.29. The van der Waals surface area contributed by atoms with Crippen LogP contribution in [0.15, 0.2) is 12.1 Å². The van der Waals surface area contributed by atoms with E-state index in [0.717, 1.165) is 11.1 Å². The average molecular weight is 192 g/mol. The number of benzene rings is 1. The Hall–Kier alpha value is -1.64. The van der Waals surface area contributed by atoms with Crippen molar-refractivity contribution in [1.82, 2.24) is 0 Å². The van der Waals surface area contributed by atoms with Gasteiger partial charge in [-0.15, -0.1) is 0 Å². The lowest BCUT2D eigenvalue weighted by Gasteiger charge is -2.07. The maximum absolute atomic E-state index is 11.2. The van der Waals surface area contributed by atoms with Gasteiger partial charge in [-0.05, 0) is 38.0 Å². The van der Waals surface area contributed by atoms with Crippen LogP contribution in [0, 0.1) is 13.8 Å². The molecule has 0 saturated carbocycles. The Kier molecular flexibility index (Phi) is 2.70. The van der Waals surface area contributed by atoms with E-state index in [9.17, 15) is 9.59 Å². The predicted octanol–water partition coefficient (Wildman–Crippen LogP) is 2.20. The fraction of sp³-hybridized carbons (Fsp3) is 0.273. The summed E-state index contributed by atoms with van der Waals surface area (Å²) in [6, 6.07) is 3.33. The number of hydrogen-bond acceptors (Lipinski definition) is 2. The Balaban J connectivity index is 3.52. The second kappa shape index (κ2) is 3.62. The zero-order valence-corrected chi connectivity index (χ0v) is 8.42. The molecule has 3 nitrogen and oxygen atoms in total. The summed E-state index contributed by atoms with van der Waals surface area (Å²) in [5.74, 6) is -1.26. The largest absolute Gasteiger partial charge is 0.478 e. The van der Waals surface area contributed by atoms with E-state index in [1.54, 1.807) is 6.92 Å². The molecule has 0 saturated heterocycles. The molecule has 0 bridgehead atoms. The lowest BCUT2D eigenvalue weighted by atomic mass is 9.96. The van der Waals surface area contributed by atoms with Gasteiger partial charge in [0, 0.05) is 5.56 Å². The van der Waals surface area contributed by atoms with Gasteiger partial charge < -0.3 is 5.11 Å². The highest BCUT2D eigenvalue weighted by molar-refractivity contribution is 6.05. The molecular weight excluding hydrogens is 180 g/mol. The van der Waals surface area contributed by atoms with Crippen LogP contribution in [0.1, 0.15) is 38.8 Å². The molecule has 1 N–H and O–H groups in total. The SMILES string of the molecule is CC(=O)c1c(C)cc(C)cc1C(=O)O. The van der Waals surface area contributed by atoms with Crippen LogP contribution < -0.4 is 0 Å². The number of ketones is 1. The molecule has 0 fully saturated rings. The molecule has 0 spiro atoms. The molecule has 0 unspecified atom stereocenters. The van der Waals surface area contributed by atoms with Crippen molar-refractivity contribution < 1.29 is 14.7 Å². The van der Waals surface area contributed by atoms with Gasteiger partial charge in [-0.1, -0.05) is 6.07 Å². The molecule has 0 aliphatic carbocycles. The maximum Gasteiger partial charge on any atom is 0.336 e. The standard InChI is InChI=1S/C11H12O3/c1-6-4-7(2)10(8(3)12)9(5-6)11(13)14/h4-5H,1-3H3,(H,13,14). The molecule has 1 aromatic rings. The van der Waals surface area contributed by atoms with Crippen molar-refractivity contribution in [3.63, 3.8) is 0 Å². The number of rotatable bonds is 2. The van der Waals surface area contributed by atoms with Gasteiger partial charge >= 0.3 is 5.97 Å². The molecule has 1 aromatic carbocycles. The second-order valence-electron chi connectivity index (χ2n) is 3.37. The summed E-state index contributed by atoms with van der Waals surface area (Å²) in [5, 5.41) is 8.91. The van der Waals surface area contributed by atoms with Crippen molar-refractivity contribution in [1.29, 1.82) is 0 Å². The van der Waals surface area contributed by atoms with Gasteiger partial charge in [0.25, 0.3) is 0 Å². The Morgan fingerprint density at radius 3 is 2.21 bits per heavy atom. The highest BCUT2D eigenvalue weighted by Crippen LogP contribution is 2.17. The van der Waals surface area contributed by atoms with Crippen LogP contribution in [0.25, 0.3) is 0 Å². The van der Waals surface area contributed by atoms with E-state index in [1.807, 2.05) is 13.0 Å². The summed E-state index contributed by atoms with van der Waals surface area (Å²) in [5.41, 5.74) is 1.97. The number of carboxylic acid groups (broad SMARTS) is 1. The smallest absolute Gasteiger partial charge is 0.336 e. The molecule has 0 heterocycles. The van der Waals surface area contributed by atoms with E-state index in [2.05, 4.69) is 0 Å². The number of hydrogen-bond donors (Lipinski definition) is 1. The third kappa shape index (κ3) is 1.82. The van der Waals surface area contributed by atoms with Crippen molar-refractivity contribution in [2.75, 3.05) is 0 Å². The first-order valence-electron chi connectivity index (χ1n) is 4.29. The highest BCUT2D eigenvalue weighted by Gasteiger charge is 2.16. The van der Waals surface area contributed by atoms with Gasteiger partial charge in [-0.3, -0.25) is 4.79 Å². The molecule has 0 radical (unpaired) electrons. The van der Waals surface area contributed by atoms with E-state index in [-0.39, 0.29) is 11.3 Å². The highest BCUT2D eigenvalue weighted by atomic mass is 16.4.